The van der Waals surface area contributed by atoms with Crippen molar-refractivity contribution in [1.82, 2.24) is 20.4 Å². The first kappa shape index (κ1) is 57.0. The molecule has 398 valence electrons. The van der Waals surface area contributed by atoms with E-state index < -0.39 is 103 Å². The number of nitrogens with one attached hydrogen (secondary N) is 2. The van der Waals surface area contributed by atoms with Gasteiger partial charge in [-0.2, -0.15) is 0 Å². The first-order valence-corrected chi connectivity index (χ1v) is 24.2. The molecule has 1 aromatic rings. The number of amides is 4. The number of esters is 1. The summed E-state index contributed by atoms with van der Waals surface area (Å²) >= 11 is 0. The fourth-order valence-corrected chi connectivity index (χ4v) is 9.03. The Kier molecular flexibility index (Phi) is 20.0. The van der Waals surface area contributed by atoms with Crippen molar-refractivity contribution in [1.29, 1.82) is 0 Å². The van der Waals surface area contributed by atoms with Crippen molar-refractivity contribution in [3.63, 3.8) is 0 Å². The molecule has 0 radical (unpaired) electrons. The summed E-state index contributed by atoms with van der Waals surface area (Å²) in [4.78, 5) is 95.8. The number of ketones is 2. The summed E-state index contributed by atoms with van der Waals surface area (Å²) in [6.07, 6.45) is 1.21. The number of hydrogen-bond donors (Lipinski definition) is 3. The quantitative estimate of drug-likeness (QED) is 0.101. The Labute approximate surface area is 420 Å². The Bertz CT molecular complexity index is 2250. The van der Waals surface area contributed by atoms with Crippen LogP contribution in [0, 0.1) is 12.8 Å². The largest absolute Gasteiger partial charge is 0.496 e. The number of carbonyl (C=O) groups is 7. The van der Waals surface area contributed by atoms with Crippen LogP contribution in [0.4, 0.5) is 14.4 Å². The van der Waals surface area contributed by atoms with Gasteiger partial charge in [0.15, 0.2) is 11.5 Å². The lowest BCUT2D eigenvalue weighted by atomic mass is 9.82. The van der Waals surface area contributed by atoms with Gasteiger partial charge in [0, 0.05) is 52.3 Å². The molecule has 2 fully saturated rings. The minimum Gasteiger partial charge on any atom is -0.496 e. The molecule has 5 rings (SSSR count). The fourth-order valence-electron chi connectivity index (χ4n) is 9.03. The van der Waals surface area contributed by atoms with Crippen LogP contribution in [0.3, 0.4) is 0 Å². The van der Waals surface area contributed by atoms with Crippen LogP contribution in [-0.2, 0) is 63.5 Å². The molecule has 3 N–H and O–H groups in total. The third-order valence-electron chi connectivity index (χ3n) is 13.8. The van der Waals surface area contributed by atoms with Crippen molar-refractivity contribution < 1.29 is 81.3 Å². The molecule has 72 heavy (non-hydrogen) atoms. The van der Waals surface area contributed by atoms with Crippen molar-refractivity contribution in [2.75, 3.05) is 61.5 Å². The number of methoxy groups -OCH3 is 2. The van der Waals surface area contributed by atoms with Crippen LogP contribution >= 0.6 is 0 Å². The highest BCUT2D eigenvalue weighted by Gasteiger charge is 2.64. The Balaban J connectivity index is 1.28. The van der Waals surface area contributed by atoms with E-state index in [-0.39, 0.29) is 63.8 Å². The van der Waals surface area contributed by atoms with Gasteiger partial charge in [-0.15, -0.1) is 0 Å². The summed E-state index contributed by atoms with van der Waals surface area (Å²) in [7, 11) is 5.75. The highest BCUT2D eigenvalue weighted by atomic mass is 16.7. The summed E-state index contributed by atoms with van der Waals surface area (Å²) in [5.41, 5.74) is 0.142. The van der Waals surface area contributed by atoms with Gasteiger partial charge in [0.1, 0.15) is 67.0 Å². The predicted molar refractivity (Wildman–Crippen MR) is 258 cm³/mol. The van der Waals surface area contributed by atoms with Crippen molar-refractivity contribution >= 4 is 41.7 Å². The van der Waals surface area contributed by atoms with E-state index in [0.717, 1.165) is 32.1 Å². The number of Topliss-reactive ketones (excluding diaryl/α,β-unsaturated/α-hetero) is 2. The van der Waals surface area contributed by atoms with Crippen LogP contribution in [-0.4, -0.2) is 172 Å². The van der Waals surface area contributed by atoms with Crippen LogP contribution in [0.15, 0.2) is 48.1 Å². The van der Waals surface area contributed by atoms with E-state index in [1.807, 2.05) is 32.1 Å². The zero-order valence-corrected chi connectivity index (χ0v) is 43.2. The highest BCUT2D eigenvalue weighted by Crippen LogP contribution is 2.49. The van der Waals surface area contributed by atoms with Crippen LogP contribution in [0.5, 0.6) is 5.75 Å². The molecule has 11 atom stereocenters. The standard InChI is InChI=1S/C51H72N4O17/c1-12-38(56)37(26-54(8)49(62)69-35-16-14-19-66-28-67-27-35)52-47(60)68-20-18-44(58)55(9)33(6)46(59)71-43-24-39(57)30(3)36-22-34(23-40(64-10)31(36)4)21-29(2)15-13-17-42(65-11)51(63)25-41(70-48(61)53-51)32(5)45-50(43,7)72-45/h13-17,22-23,30,32-33,35,37,41-43,45,63H,12,18-21,24-28H2,1-11H3,(H,52,60)(H,53,61)/b16-14+,17-13+,29-15+/t30?,32-,33+,35?,37?,41+,42?,43+,45+,50+,51?/m1/s1. The average molecular weight is 1010 g/mol. The number of nitrogens with zero attached hydrogens (tertiary/aromatic N) is 2. The number of alkyl carbamates (subject to hydrolysis) is 2. The Morgan fingerprint density at radius 1 is 1.04 bits per heavy atom. The third-order valence-corrected chi connectivity index (χ3v) is 13.8. The maximum absolute atomic E-state index is 14.5. The topological polar surface area (TPSA) is 257 Å². The second-order valence-electron chi connectivity index (χ2n) is 19.0. The minimum atomic E-state index is -1.88. The molecule has 2 saturated heterocycles. The van der Waals surface area contributed by atoms with E-state index in [9.17, 15) is 38.7 Å². The summed E-state index contributed by atoms with van der Waals surface area (Å²) in [5, 5.41) is 16.8. The van der Waals surface area contributed by atoms with Gasteiger partial charge in [-0.1, -0.05) is 56.7 Å². The Hall–Kier alpha value is -5.87. The number of aliphatic hydroxyl groups is 1. The maximum atomic E-state index is 14.5. The van der Waals surface area contributed by atoms with E-state index >= 15 is 0 Å². The first-order valence-electron chi connectivity index (χ1n) is 24.2. The van der Waals surface area contributed by atoms with Crippen molar-refractivity contribution in [3.05, 3.63) is 64.8 Å². The van der Waals surface area contributed by atoms with Gasteiger partial charge >= 0.3 is 24.2 Å². The molecule has 0 spiro atoms. The van der Waals surface area contributed by atoms with Gasteiger partial charge in [0.25, 0.3) is 0 Å². The molecule has 1 aromatic carbocycles. The maximum Gasteiger partial charge on any atom is 0.410 e. The monoisotopic (exact) mass is 1010 g/mol. The molecule has 3 heterocycles. The van der Waals surface area contributed by atoms with Gasteiger partial charge in [0.05, 0.1) is 39.4 Å². The van der Waals surface area contributed by atoms with Gasteiger partial charge in [-0.3, -0.25) is 19.7 Å². The SMILES string of the molecule is CCC(=O)C(CN(C)C(=O)OC1/C=C/COCOC1)NC(=O)OCCC(=O)N(C)[C@@H](C)C(=O)O[C@H]1CC(=O)C(C)c2cc(cc(OC)c2C)C/C(C)=C/C=C/C(OC)C2(O)C[C@H](OC(=O)N2)[C@@H](C)[C@@H]2O[C@@]12C. The van der Waals surface area contributed by atoms with E-state index in [2.05, 4.69) is 10.6 Å². The molecule has 4 aliphatic rings. The molecule has 0 saturated carbocycles. The lowest BCUT2D eigenvalue weighted by molar-refractivity contribution is -0.162. The van der Waals surface area contributed by atoms with Crippen LogP contribution < -0.4 is 15.4 Å². The fraction of sp³-hybridized carbons (Fsp3) is 0.627. The third kappa shape index (κ3) is 14.4. The molecule has 0 aromatic heterocycles. The average Bonchev–Trinajstić information content (AvgIpc) is 4.03. The summed E-state index contributed by atoms with van der Waals surface area (Å²) in [6.45, 7) is 11.8. The molecule has 3 aliphatic heterocycles. The van der Waals surface area contributed by atoms with Crippen molar-refractivity contribution in [2.45, 2.75) is 140 Å². The van der Waals surface area contributed by atoms with Crippen molar-refractivity contribution in [2.24, 2.45) is 5.92 Å². The zero-order valence-electron chi connectivity index (χ0n) is 43.2. The molecule has 4 amide bonds. The highest BCUT2D eigenvalue weighted by molar-refractivity contribution is 5.89. The lowest BCUT2D eigenvalue weighted by Crippen LogP contribution is -2.63. The van der Waals surface area contributed by atoms with E-state index in [1.165, 1.54) is 28.1 Å². The first-order chi connectivity index (χ1) is 34.0. The second kappa shape index (κ2) is 25.2. The number of epoxide rings is 1. The number of fused-ring (bicyclic) bond motifs is 5. The minimum absolute atomic E-state index is 0.0368. The van der Waals surface area contributed by atoms with Gasteiger partial charge in [-0.25, -0.2) is 19.2 Å². The molecule has 4 bridgehead atoms. The zero-order chi connectivity index (χ0) is 53.1. The number of carbonyl (C=O) groups excluding carboxylic acids is 7. The summed E-state index contributed by atoms with van der Waals surface area (Å²) in [5.74, 6) is -2.80. The van der Waals surface area contributed by atoms with Crippen LogP contribution in [0.25, 0.3) is 0 Å². The van der Waals surface area contributed by atoms with Gasteiger partial charge in [0.2, 0.25) is 5.91 Å². The van der Waals surface area contributed by atoms with Gasteiger partial charge < -0.3 is 62.9 Å². The molecular weight excluding hydrogens is 941 g/mol. The number of rotatable bonds is 14. The number of hydrogen-bond acceptors (Lipinski definition) is 17. The van der Waals surface area contributed by atoms with Gasteiger partial charge in [-0.05, 0) is 62.9 Å². The normalized spacial score (nSPS) is 30.1. The smallest absolute Gasteiger partial charge is 0.410 e. The predicted octanol–water partition coefficient (Wildman–Crippen LogP) is 4.34. The second-order valence-corrected chi connectivity index (χ2v) is 19.0. The number of ether oxygens (including phenoxy) is 9. The molecule has 21 nitrogen and oxygen atoms in total. The number of allylic oxidation sites excluding steroid dienone is 3. The van der Waals surface area contributed by atoms with E-state index in [4.69, 9.17) is 42.6 Å². The summed E-state index contributed by atoms with van der Waals surface area (Å²) in [6, 6.07) is 1.50. The molecule has 21 heteroatoms. The van der Waals surface area contributed by atoms with E-state index in [1.54, 1.807) is 59.1 Å². The van der Waals surface area contributed by atoms with E-state index in [0.29, 0.717) is 12.2 Å². The Morgan fingerprint density at radius 3 is 2.47 bits per heavy atom. The van der Waals surface area contributed by atoms with Crippen LogP contribution in [0.1, 0.15) is 89.8 Å². The lowest BCUT2D eigenvalue weighted by Gasteiger charge is -2.42. The Morgan fingerprint density at radius 2 is 1.78 bits per heavy atom. The molecule has 5 unspecified atom stereocenters. The number of benzene rings is 1. The van der Waals surface area contributed by atoms with Crippen molar-refractivity contribution in [3.8, 4) is 5.75 Å². The summed E-state index contributed by atoms with van der Waals surface area (Å²) < 4.78 is 50.8. The van der Waals surface area contributed by atoms with Crippen LogP contribution in [0.2, 0.25) is 0 Å². The molecular formula is C51H72N4O17. The molecule has 1 aliphatic carbocycles. The number of likely N-dealkylation sites (N-methyl/N-ethyl adjacent to an activating group) is 2.